The maximum Gasteiger partial charge on any atom is 0.413 e. The summed E-state index contributed by atoms with van der Waals surface area (Å²) in [6, 6.07) is 13.8. The van der Waals surface area contributed by atoms with Gasteiger partial charge < -0.3 is 15.5 Å². The van der Waals surface area contributed by atoms with Gasteiger partial charge in [0.2, 0.25) is 0 Å². The molecule has 0 fully saturated rings. The van der Waals surface area contributed by atoms with Crippen molar-refractivity contribution in [2.45, 2.75) is 6.92 Å². The van der Waals surface area contributed by atoms with Gasteiger partial charge in [-0.25, -0.2) is 4.79 Å². The van der Waals surface area contributed by atoms with Crippen LogP contribution in [0, 0.1) is 11.3 Å². The number of Topliss-reactive ketones (excluding diaryl/α,β-unsaturated/α-hetero) is 1. The van der Waals surface area contributed by atoms with Crippen molar-refractivity contribution in [2.24, 2.45) is 5.92 Å². The first-order valence-electron chi connectivity index (χ1n) is 9.48. The van der Waals surface area contributed by atoms with Crippen LogP contribution in [0.15, 0.2) is 65.9 Å². The lowest BCUT2D eigenvalue weighted by Gasteiger charge is -2.27. The Morgan fingerprint density at radius 3 is 2.41 bits per heavy atom. The molecule has 0 radical (unpaired) electrons. The van der Waals surface area contributed by atoms with Gasteiger partial charge in [0.15, 0.2) is 10.9 Å². The van der Waals surface area contributed by atoms with E-state index < -0.39 is 12.0 Å². The van der Waals surface area contributed by atoms with Gasteiger partial charge in [-0.3, -0.25) is 10.1 Å². The molecule has 1 atom stereocenters. The molecule has 6 nitrogen and oxygen atoms in total. The average molecular weight is 488 g/mol. The Hall–Kier alpha value is -3.00. The van der Waals surface area contributed by atoms with Crippen molar-refractivity contribution in [1.29, 1.82) is 5.41 Å². The van der Waals surface area contributed by atoms with Crippen molar-refractivity contribution in [2.75, 3.05) is 7.11 Å². The summed E-state index contributed by atoms with van der Waals surface area (Å²) in [4.78, 5) is 24.7. The highest BCUT2D eigenvalue weighted by molar-refractivity contribution is 7.80. The molecule has 1 aliphatic carbocycles. The molecule has 3 N–H and O–H groups in total. The van der Waals surface area contributed by atoms with Crippen LogP contribution in [0.25, 0.3) is 5.57 Å². The number of rotatable bonds is 4. The zero-order valence-corrected chi connectivity index (χ0v) is 19.5. The summed E-state index contributed by atoms with van der Waals surface area (Å²) in [6.07, 6.45) is 0.964. The first kappa shape index (κ1) is 23.7. The molecule has 9 heteroatoms. The second kappa shape index (κ2) is 10.1. The van der Waals surface area contributed by atoms with Crippen molar-refractivity contribution in [3.63, 3.8) is 0 Å². The second-order valence-electron chi connectivity index (χ2n) is 6.92. The highest BCUT2D eigenvalue weighted by atomic mass is 35.5. The van der Waals surface area contributed by atoms with Crippen LogP contribution >= 0.6 is 35.4 Å². The lowest BCUT2D eigenvalue weighted by molar-refractivity contribution is 0.102. The number of carbonyl (C=O) groups excluding carboxylic acids is 2. The maximum absolute atomic E-state index is 13.2. The van der Waals surface area contributed by atoms with Gasteiger partial charge in [-0.1, -0.05) is 66.5 Å². The third-order valence-electron chi connectivity index (χ3n) is 4.91. The molecule has 32 heavy (non-hydrogen) atoms. The topological polar surface area (TPSA) is 91.3 Å². The standard InChI is InChI=1S/C23H19Cl2N3O3S/c1-12-15(21(29)13-6-4-3-5-7-13)11-16(14-8-9-17(24)18(25)10-14)20(19(12)26)27-22(32)28-23(30)31-2/h3-12,26H,1-2H3,(H2,27,28,30,32). The number of hydrogen-bond acceptors (Lipinski definition) is 5. The molecule has 0 saturated heterocycles. The third kappa shape index (κ3) is 5.07. The van der Waals surface area contributed by atoms with Gasteiger partial charge in [0.05, 0.1) is 28.6 Å². The first-order valence-corrected chi connectivity index (χ1v) is 10.6. The number of amides is 1. The van der Waals surface area contributed by atoms with E-state index in [1.54, 1.807) is 55.5 Å². The lowest BCUT2D eigenvalue weighted by atomic mass is 9.80. The Morgan fingerprint density at radius 2 is 1.78 bits per heavy atom. The molecule has 164 valence electrons. The molecule has 0 bridgehead atoms. The summed E-state index contributed by atoms with van der Waals surface area (Å²) >= 11 is 17.5. The number of ether oxygens (including phenoxy) is 1. The molecular weight excluding hydrogens is 469 g/mol. The third-order valence-corrected chi connectivity index (χ3v) is 5.85. The van der Waals surface area contributed by atoms with E-state index in [1.807, 2.05) is 6.07 Å². The quantitative estimate of drug-likeness (QED) is 0.395. The average Bonchev–Trinajstić information content (AvgIpc) is 2.79. The van der Waals surface area contributed by atoms with E-state index in [-0.39, 0.29) is 16.6 Å². The fourth-order valence-corrected chi connectivity index (χ4v) is 3.69. The minimum Gasteiger partial charge on any atom is -0.453 e. The van der Waals surface area contributed by atoms with Crippen molar-refractivity contribution in [3.8, 4) is 0 Å². The number of allylic oxidation sites excluding steroid dienone is 4. The van der Waals surface area contributed by atoms with Gasteiger partial charge in [0.1, 0.15) is 0 Å². The SMILES string of the molecule is COC(=O)NC(=S)NC1=C(c2ccc(Cl)c(Cl)c2)C=C(C(=O)c2ccccc2)C(C)C1=N. The predicted octanol–water partition coefficient (Wildman–Crippen LogP) is 5.41. The molecule has 1 unspecified atom stereocenters. The molecule has 0 heterocycles. The number of alkyl carbamates (subject to hydrolysis) is 1. The monoisotopic (exact) mass is 487 g/mol. The minimum absolute atomic E-state index is 0.0485. The zero-order valence-electron chi connectivity index (χ0n) is 17.2. The van der Waals surface area contributed by atoms with Crippen molar-refractivity contribution in [1.82, 2.24) is 10.6 Å². The molecule has 3 rings (SSSR count). The number of halogens is 2. The van der Waals surface area contributed by atoms with Gasteiger partial charge in [0.25, 0.3) is 0 Å². The van der Waals surface area contributed by atoms with Gasteiger partial charge >= 0.3 is 6.09 Å². The number of benzene rings is 2. The summed E-state index contributed by atoms with van der Waals surface area (Å²) in [5.74, 6) is -0.715. The highest BCUT2D eigenvalue weighted by Crippen LogP contribution is 2.35. The summed E-state index contributed by atoms with van der Waals surface area (Å²) < 4.78 is 4.56. The Bertz CT molecular complexity index is 1180. The summed E-state index contributed by atoms with van der Waals surface area (Å²) in [5, 5.41) is 14.6. The molecule has 2 aromatic rings. The van der Waals surface area contributed by atoms with E-state index in [4.69, 9.17) is 40.8 Å². The number of thiocarbonyl (C=S) groups is 1. The number of nitrogens with one attached hydrogen (secondary N) is 3. The number of ketones is 1. The zero-order chi connectivity index (χ0) is 23.4. The molecule has 0 saturated carbocycles. The van der Waals surface area contributed by atoms with Crippen LogP contribution in [0.3, 0.4) is 0 Å². The summed E-state index contributed by atoms with van der Waals surface area (Å²) in [6.45, 7) is 1.76. The minimum atomic E-state index is -0.745. The number of methoxy groups -OCH3 is 1. The smallest absolute Gasteiger partial charge is 0.413 e. The molecule has 0 spiro atoms. The van der Waals surface area contributed by atoms with Crippen molar-refractivity contribution in [3.05, 3.63) is 87.0 Å². The van der Waals surface area contributed by atoms with Crippen molar-refractivity contribution < 1.29 is 14.3 Å². The fourth-order valence-electron chi connectivity index (χ4n) is 3.20. The van der Waals surface area contributed by atoms with Crippen LogP contribution < -0.4 is 10.6 Å². The van der Waals surface area contributed by atoms with E-state index in [0.717, 1.165) is 0 Å². The predicted molar refractivity (Wildman–Crippen MR) is 130 cm³/mol. The normalized spacial score (nSPS) is 15.7. The second-order valence-corrected chi connectivity index (χ2v) is 8.14. The largest absolute Gasteiger partial charge is 0.453 e. The van der Waals surface area contributed by atoms with Crippen LogP contribution in [0.2, 0.25) is 10.0 Å². The Kier molecular flexibility index (Phi) is 7.45. The number of carbonyl (C=O) groups is 2. The van der Waals surface area contributed by atoms with Gasteiger partial charge in [-0.2, -0.15) is 0 Å². The molecule has 0 aromatic heterocycles. The van der Waals surface area contributed by atoms with Gasteiger partial charge in [0, 0.05) is 22.6 Å². The van der Waals surface area contributed by atoms with Crippen LogP contribution in [0.1, 0.15) is 22.8 Å². The van der Waals surface area contributed by atoms with Crippen molar-refractivity contribution >= 4 is 63.7 Å². The molecule has 0 aliphatic heterocycles. The lowest BCUT2D eigenvalue weighted by Crippen LogP contribution is -2.42. The molecule has 1 amide bonds. The van der Waals surface area contributed by atoms with Crippen LogP contribution in [-0.2, 0) is 4.74 Å². The highest BCUT2D eigenvalue weighted by Gasteiger charge is 2.31. The fraction of sp³-hybridized carbons (Fsp3) is 0.130. The van der Waals surface area contributed by atoms with E-state index in [9.17, 15) is 9.59 Å². The van der Waals surface area contributed by atoms with Crippen LogP contribution in [0.5, 0.6) is 0 Å². The van der Waals surface area contributed by atoms with Crippen LogP contribution in [0.4, 0.5) is 4.79 Å². The summed E-state index contributed by atoms with van der Waals surface area (Å²) in [7, 11) is 1.22. The maximum atomic E-state index is 13.2. The van der Waals surface area contributed by atoms with E-state index in [2.05, 4.69) is 15.4 Å². The van der Waals surface area contributed by atoms with Crippen LogP contribution in [-0.4, -0.2) is 29.8 Å². The van der Waals surface area contributed by atoms with E-state index in [0.29, 0.717) is 38.0 Å². The molecule has 2 aromatic carbocycles. The molecular formula is C23H19Cl2N3O3S. The van der Waals surface area contributed by atoms with Gasteiger partial charge in [-0.05, 0) is 36.0 Å². The molecule has 1 aliphatic rings. The first-order chi connectivity index (χ1) is 15.2. The number of hydrogen-bond donors (Lipinski definition) is 3. The Labute approximate surface area is 200 Å². The van der Waals surface area contributed by atoms with E-state index >= 15 is 0 Å². The Morgan fingerprint density at radius 1 is 1.09 bits per heavy atom. The Balaban J connectivity index is 2.13. The van der Waals surface area contributed by atoms with E-state index in [1.165, 1.54) is 7.11 Å². The van der Waals surface area contributed by atoms with Gasteiger partial charge in [-0.15, -0.1) is 0 Å². The summed E-state index contributed by atoms with van der Waals surface area (Å²) in [5.41, 5.74) is 2.56.